The summed E-state index contributed by atoms with van der Waals surface area (Å²) in [5.41, 5.74) is 1.93. The zero-order valence-electron chi connectivity index (χ0n) is 9.50. The normalized spacial score (nSPS) is 26.4. The molecule has 82 valence electrons. The molecule has 0 fully saturated rings. The van der Waals surface area contributed by atoms with E-state index in [2.05, 4.69) is 30.8 Å². The van der Waals surface area contributed by atoms with Crippen LogP contribution in [0.3, 0.4) is 0 Å². The number of nitrogens with zero attached hydrogens (tertiary/aromatic N) is 2. The van der Waals surface area contributed by atoms with Crippen molar-refractivity contribution in [2.45, 2.75) is 38.8 Å². The predicted octanol–water partition coefficient (Wildman–Crippen LogP) is 2.55. The number of halogens is 1. The molecule has 0 saturated carbocycles. The fourth-order valence-electron chi connectivity index (χ4n) is 2.47. The molecule has 0 radical (unpaired) electrons. The standard InChI is InChI=1S/C12H17FN2/c1-4-11-9-5-6-14-12(13)10(9)7-8(2)15(11)3/h5-6,8,11H,4,7H2,1-3H3. The summed E-state index contributed by atoms with van der Waals surface area (Å²) in [6.07, 6.45) is 3.35. The lowest BCUT2D eigenvalue weighted by Gasteiger charge is -2.38. The number of hydrogen-bond acceptors (Lipinski definition) is 2. The van der Waals surface area contributed by atoms with Crippen molar-refractivity contribution < 1.29 is 4.39 Å². The second kappa shape index (κ2) is 3.89. The van der Waals surface area contributed by atoms with Gasteiger partial charge < -0.3 is 0 Å². The second-order valence-corrected chi connectivity index (χ2v) is 4.31. The number of aromatic nitrogens is 1. The topological polar surface area (TPSA) is 16.1 Å². The maximum Gasteiger partial charge on any atom is 0.216 e. The first kappa shape index (κ1) is 10.6. The van der Waals surface area contributed by atoms with E-state index in [0.717, 1.165) is 24.0 Å². The van der Waals surface area contributed by atoms with E-state index < -0.39 is 0 Å². The van der Waals surface area contributed by atoms with Crippen molar-refractivity contribution in [2.75, 3.05) is 7.05 Å². The van der Waals surface area contributed by atoms with E-state index in [1.165, 1.54) is 0 Å². The number of rotatable bonds is 1. The maximum absolute atomic E-state index is 13.6. The van der Waals surface area contributed by atoms with E-state index in [1.54, 1.807) is 6.20 Å². The number of pyridine rings is 1. The molecule has 1 aliphatic rings. The van der Waals surface area contributed by atoms with Crippen molar-refractivity contribution in [3.63, 3.8) is 0 Å². The van der Waals surface area contributed by atoms with E-state index in [4.69, 9.17) is 0 Å². The third-order valence-corrected chi connectivity index (χ3v) is 3.47. The van der Waals surface area contributed by atoms with Crippen LogP contribution >= 0.6 is 0 Å². The predicted molar refractivity (Wildman–Crippen MR) is 58.2 cm³/mol. The van der Waals surface area contributed by atoms with E-state index in [9.17, 15) is 4.39 Å². The minimum Gasteiger partial charge on any atom is -0.296 e. The van der Waals surface area contributed by atoms with Gasteiger partial charge in [0, 0.05) is 23.8 Å². The van der Waals surface area contributed by atoms with Gasteiger partial charge in [0.05, 0.1) is 0 Å². The number of hydrogen-bond donors (Lipinski definition) is 0. The lowest BCUT2D eigenvalue weighted by Crippen LogP contribution is -2.39. The minimum absolute atomic E-state index is 0.286. The Morgan fingerprint density at radius 2 is 2.33 bits per heavy atom. The van der Waals surface area contributed by atoms with Gasteiger partial charge in [-0.05, 0) is 38.4 Å². The van der Waals surface area contributed by atoms with Gasteiger partial charge in [0.15, 0.2) is 0 Å². The summed E-state index contributed by atoms with van der Waals surface area (Å²) in [5.74, 6) is -0.286. The van der Waals surface area contributed by atoms with Crippen LogP contribution in [0, 0.1) is 5.95 Å². The molecule has 0 aromatic carbocycles. The molecule has 0 aliphatic carbocycles. The molecule has 1 aromatic heterocycles. The van der Waals surface area contributed by atoms with Gasteiger partial charge in [-0.25, -0.2) is 4.98 Å². The Morgan fingerprint density at radius 3 is 3.00 bits per heavy atom. The Kier molecular flexibility index (Phi) is 2.74. The monoisotopic (exact) mass is 208 g/mol. The van der Waals surface area contributed by atoms with Crippen LogP contribution in [0.25, 0.3) is 0 Å². The molecule has 0 N–H and O–H groups in total. The Labute approximate surface area is 90.1 Å². The molecule has 0 saturated heterocycles. The number of fused-ring (bicyclic) bond motifs is 1. The smallest absolute Gasteiger partial charge is 0.216 e. The van der Waals surface area contributed by atoms with Gasteiger partial charge in [0.1, 0.15) is 0 Å². The molecule has 2 atom stereocenters. The molecule has 2 heterocycles. The summed E-state index contributed by atoms with van der Waals surface area (Å²) in [6.45, 7) is 4.28. The first-order valence-electron chi connectivity index (χ1n) is 5.50. The molecule has 1 aliphatic heterocycles. The van der Waals surface area contributed by atoms with Crippen LogP contribution in [-0.4, -0.2) is 23.0 Å². The van der Waals surface area contributed by atoms with Gasteiger partial charge in [0.25, 0.3) is 0 Å². The van der Waals surface area contributed by atoms with Crippen molar-refractivity contribution in [3.05, 3.63) is 29.3 Å². The lowest BCUT2D eigenvalue weighted by molar-refractivity contribution is 0.159. The highest BCUT2D eigenvalue weighted by atomic mass is 19.1. The summed E-state index contributed by atoms with van der Waals surface area (Å²) >= 11 is 0. The van der Waals surface area contributed by atoms with Crippen LogP contribution < -0.4 is 0 Å². The third-order valence-electron chi connectivity index (χ3n) is 3.47. The summed E-state index contributed by atoms with van der Waals surface area (Å²) in [6, 6.07) is 2.68. The summed E-state index contributed by atoms with van der Waals surface area (Å²) in [5, 5.41) is 0. The van der Waals surface area contributed by atoms with Crippen LogP contribution in [-0.2, 0) is 6.42 Å². The van der Waals surface area contributed by atoms with Crippen LogP contribution in [0.1, 0.15) is 37.4 Å². The van der Waals surface area contributed by atoms with Crippen LogP contribution in [0.2, 0.25) is 0 Å². The van der Waals surface area contributed by atoms with Crippen LogP contribution in [0.15, 0.2) is 12.3 Å². The van der Waals surface area contributed by atoms with Crippen molar-refractivity contribution >= 4 is 0 Å². The van der Waals surface area contributed by atoms with E-state index in [-0.39, 0.29) is 5.95 Å². The lowest BCUT2D eigenvalue weighted by atomic mass is 9.89. The molecule has 2 unspecified atom stereocenters. The molecular formula is C12H17FN2. The Balaban J connectivity index is 2.49. The SMILES string of the molecule is CCC1c2ccnc(F)c2CC(C)N1C. The average Bonchev–Trinajstić information content (AvgIpc) is 2.22. The van der Waals surface area contributed by atoms with Crippen LogP contribution in [0.5, 0.6) is 0 Å². The highest BCUT2D eigenvalue weighted by Crippen LogP contribution is 2.34. The van der Waals surface area contributed by atoms with Gasteiger partial charge in [-0.2, -0.15) is 4.39 Å². The fraction of sp³-hybridized carbons (Fsp3) is 0.583. The zero-order chi connectivity index (χ0) is 11.0. The second-order valence-electron chi connectivity index (χ2n) is 4.31. The largest absolute Gasteiger partial charge is 0.296 e. The number of likely N-dealkylation sites (N-methyl/N-ethyl adjacent to an activating group) is 1. The highest BCUT2D eigenvalue weighted by Gasteiger charge is 2.30. The average molecular weight is 208 g/mol. The summed E-state index contributed by atoms with van der Waals surface area (Å²) < 4.78 is 13.6. The van der Waals surface area contributed by atoms with Crippen molar-refractivity contribution in [1.82, 2.24) is 9.88 Å². The molecule has 0 amide bonds. The van der Waals surface area contributed by atoms with Gasteiger partial charge in [-0.15, -0.1) is 0 Å². The fourth-order valence-corrected chi connectivity index (χ4v) is 2.47. The molecular weight excluding hydrogens is 191 g/mol. The van der Waals surface area contributed by atoms with E-state index in [1.807, 2.05) is 6.07 Å². The molecule has 2 rings (SSSR count). The van der Waals surface area contributed by atoms with Crippen molar-refractivity contribution in [1.29, 1.82) is 0 Å². The van der Waals surface area contributed by atoms with E-state index >= 15 is 0 Å². The first-order chi connectivity index (χ1) is 7.15. The van der Waals surface area contributed by atoms with Gasteiger partial charge in [-0.1, -0.05) is 6.92 Å². The third kappa shape index (κ3) is 1.65. The summed E-state index contributed by atoms with van der Waals surface area (Å²) in [4.78, 5) is 6.06. The Morgan fingerprint density at radius 1 is 1.60 bits per heavy atom. The molecule has 0 spiro atoms. The quantitative estimate of drug-likeness (QED) is 0.659. The van der Waals surface area contributed by atoms with Gasteiger partial charge >= 0.3 is 0 Å². The van der Waals surface area contributed by atoms with Gasteiger partial charge in [-0.3, -0.25) is 4.90 Å². The molecule has 15 heavy (non-hydrogen) atoms. The Hall–Kier alpha value is -0.960. The zero-order valence-corrected chi connectivity index (χ0v) is 9.50. The molecule has 0 bridgehead atoms. The highest BCUT2D eigenvalue weighted by molar-refractivity contribution is 5.31. The Bertz CT molecular complexity index is 365. The molecule has 3 heteroatoms. The molecule has 2 nitrogen and oxygen atoms in total. The molecule has 1 aromatic rings. The van der Waals surface area contributed by atoms with Gasteiger partial charge in [0.2, 0.25) is 5.95 Å². The maximum atomic E-state index is 13.6. The minimum atomic E-state index is -0.286. The van der Waals surface area contributed by atoms with Crippen molar-refractivity contribution in [2.24, 2.45) is 0 Å². The summed E-state index contributed by atoms with van der Waals surface area (Å²) in [7, 11) is 2.11. The van der Waals surface area contributed by atoms with Crippen molar-refractivity contribution in [3.8, 4) is 0 Å². The van der Waals surface area contributed by atoms with E-state index in [0.29, 0.717) is 12.1 Å². The van der Waals surface area contributed by atoms with Crippen LogP contribution in [0.4, 0.5) is 4.39 Å². The first-order valence-corrected chi connectivity index (χ1v) is 5.50.